The number of ether oxygens (including phenoxy) is 3. The molecule has 0 amide bonds. The van der Waals surface area contributed by atoms with Gasteiger partial charge >= 0.3 is 5.97 Å². The number of esters is 1. The van der Waals surface area contributed by atoms with E-state index in [1.54, 1.807) is 18.2 Å². The van der Waals surface area contributed by atoms with Gasteiger partial charge in [0.05, 0.1) is 26.3 Å². The Morgan fingerprint density at radius 2 is 1.93 bits per heavy atom. The lowest BCUT2D eigenvalue weighted by Gasteiger charge is -2.34. The lowest BCUT2D eigenvalue weighted by molar-refractivity contribution is -0.0593. The first-order valence-electron chi connectivity index (χ1n) is 14.7. The van der Waals surface area contributed by atoms with Crippen LogP contribution in [0.15, 0.2) is 54.6 Å². The molecule has 2 aromatic heterocycles. The number of methoxy groups -OCH3 is 1. The van der Waals surface area contributed by atoms with E-state index in [0.29, 0.717) is 35.2 Å². The zero-order valence-electron chi connectivity index (χ0n) is 23.8. The quantitative estimate of drug-likeness (QED) is 0.229. The number of imidazole rings is 1. The highest BCUT2D eigenvalue weighted by atomic mass is 35.5. The second-order valence-electron chi connectivity index (χ2n) is 11.3. The molecule has 43 heavy (non-hydrogen) atoms. The van der Waals surface area contributed by atoms with Crippen molar-refractivity contribution >= 4 is 34.8 Å². The first-order valence-corrected chi connectivity index (χ1v) is 15.1. The van der Waals surface area contributed by atoms with Crippen molar-refractivity contribution in [1.82, 2.24) is 19.4 Å². The summed E-state index contributed by atoms with van der Waals surface area (Å²) < 4.78 is 33.9. The molecule has 0 aliphatic carbocycles. The number of benzene rings is 2. The first-order chi connectivity index (χ1) is 21.0. The van der Waals surface area contributed by atoms with E-state index in [0.717, 1.165) is 67.2 Å². The van der Waals surface area contributed by atoms with Crippen LogP contribution in [0.5, 0.6) is 5.75 Å². The second kappa shape index (κ2) is 11.7. The van der Waals surface area contributed by atoms with Crippen LogP contribution in [-0.4, -0.2) is 58.3 Å². The number of hydrogen-bond donors (Lipinski definition) is 0. The van der Waals surface area contributed by atoms with Gasteiger partial charge in [-0.15, -0.1) is 0 Å². The number of aromatic nitrogens is 3. The molecule has 0 unspecified atom stereocenters. The van der Waals surface area contributed by atoms with Crippen molar-refractivity contribution < 1.29 is 23.4 Å². The SMILES string of the molecule is COC(=O)c1ccc2nc(CN3CCC(c4cccc5c4O[C@@H](c4ccc(Cl)cc4F)C=C5)CC3)n(C[C@H]3CCO3)c2n1. The summed E-state index contributed by atoms with van der Waals surface area (Å²) in [7, 11) is 1.36. The van der Waals surface area contributed by atoms with Gasteiger partial charge in [0.15, 0.2) is 11.3 Å². The van der Waals surface area contributed by atoms with Gasteiger partial charge in [-0.2, -0.15) is 0 Å². The van der Waals surface area contributed by atoms with Crippen LogP contribution in [-0.2, 0) is 22.6 Å². The molecule has 2 aromatic carbocycles. The van der Waals surface area contributed by atoms with Gasteiger partial charge in [-0.3, -0.25) is 4.90 Å². The zero-order chi connectivity index (χ0) is 29.5. The molecule has 0 saturated carbocycles. The average Bonchev–Trinajstić information content (AvgIpc) is 3.34. The Bertz CT molecular complexity index is 1710. The Labute approximate surface area is 254 Å². The Kier molecular flexibility index (Phi) is 7.63. The van der Waals surface area contributed by atoms with Crippen LogP contribution >= 0.6 is 11.6 Å². The fraction of sp³-hybridized carbons (Fsp3) is 0.364. The number of rotatable bonds is 7. The van der Waals surface area contributed by atoms with Crippen LogP contribution in [0, 0.1) is 5.82 Å². The molecule has 10 heteroatoms. The summed E-state index contributed by atoms with van der Waals surface area (Å²) in [6, 6.07) is 14.4. The molecule has 3 aliphatic heterocycles. The number of fused-ring (bicyclic) bond motifs is 2. The molecule has 5 heterocycles. The van der Waals surface area contributed by atoms with E-state index in [1.165, 1.54) is 13.2 Å². The Morgan fingerprint density at radius 1 is 1.09 bits per heavy atom. The number of carbonyl (C=O) groups excluding carboxylic acids is 1. The zero-order valence-corrected chi connectivity index (χ0v) is 24.6. The molecule has 2 saturated heterocycles. The topological polar surface area (TPSA) is 78.7 Å². The molecule has 222 valence electrons. The van der Waals surface area contributed by atoms with Crippen LogP contribution in [0.3, 0.4) is 0 Å². The summed E-state index contributed by atoms with van der Waals surface area (Å²) in [6.45, 7) is 3.87. The lowest BCUT2D eigenvalue weighted by Crippen LogP contribution is -2.35. The van der Waals surface area contributed by atoms with Crippen molar-refractivity contribution in [3.63, 3.8) is 0 Å². The van der Waals surface area contributed by atoms with Gasteiger partial charge in [0.1, 0.15) is 29.0 Å². The molecular weight excluding hydrogens is 571 g/mol. The lowest BCUT2D eigenvalue weighted by atomic mass is 9.87. The Hall–Kier alpha value is -3.79. The number of halogens is 2. The van der Waals surface area contributed by atoms with Crippen LogP contribution in [0.2, 0.25) is 5.02 Å². The molecule has 7 rings (SSSR count). The summed E-state index contributed by atoms with van der Waals surface area (Å²) in [5.74, 6) is 1.22. The maximum absolute atomic E-state index is 14.7. The largest absolute Gasteiger partial charge is 0.481 e. The van der Waals surface area contributed by atoms with Gasteiger partial charge in [-0.05, 0) is 74.2 Å². The maximum atomic E-state index is 14.7. The highest BCUT2D eigenvalue weighted by Crippen LogP contribution is 2.42. The number of likely N-dealkylation sites (tertiary alicyclic amines) is 1. The number of pyridine rings is 1. The van der Waals surface area contributed by atoms with E-state index in [4.69, 9.17) is 30.8 Å². The summed E-state index contributed by atoms with van der Waals surface area (Å²) >= 11 is 5.98. The number of carbonyl (C=O) groups is 1. The molecular formula is C33H32ClFN4O4. The van der Waals surface area contributed by atoms with Gasteiger partial charge in [-0.1, -0.05) is 41.9 Å². The molecule has 0 spiro atoms. The minimum atomic E-state index is -0.507. The Morgan fingerprint density at radius 3 is 2.67 bits per heavy atom. The predicted octanol–water partition coefficient (Wildman–Crippen LogP) is 6.33. The van der Waals surface area contributed by atoms with Crippen LogP contribution in [0.1, 0.15) is 64.3 Å². The standard InChI is InChI=1S/C33H32ClFN4O4/c1-41-33(40)28-9-8-27-32(37-28)39(18-23-13-16-42-23)30(36-27)19-38-14-11-20(12-15-38)24-4-2-3-21-5-10-29(43-31(21)24)25-7-6-22(34)17-26(25)35/h2-10,17,20,23,29H,11-16,18-19H2,1H3/t23-,29-/m1/s1. The molecule has 0 radical (unpaired) electrons. The van der Waals surface area contributed by atoms with E-state index in [9.17, 15) is 9.18 Å². The minimum absolute atomic E-state index is 0.119. The van der Waals surface area contributed by atoms with Crippen molar-refractivity contribution in [2.45, 2.75) is 50.5 Å². The van der Waals surface area contributed by atoms with Gasteiger partial charge in [0.2, 0.25) is 0 Å². The highest BCUT2D eigenvalue weighted by molar-refractivity contribution is 6.30. The average molecular weight is 603 g/mol. The third-order valence-corrected chi connectivity index (χ3v) is 8.91. The highest BCUT2D eigenvalue weighted by Gasteiger charge is 2.29. The van der Waals surface area contributed by atoms with E-state index in [2.05, 4.69) is 26.6 Å². The van der Waals surface area contributed by atoms with E-state index >= 15 is 0 Å². The Balaban J connectivity index is 1.08. The summed E-state index contributed by atoms with van der Waals surface area (Å²) in [6.07, 6.45) is 6.43. The summed E-state index contributed by atoms with van der Waals surface area (Å²) in [5, 5.41) is 0.364. The van der Waals surface area contributed by atoms with E-state index in [1.807, 2.05) is 24.3 Å². The van der Waals surface area contributed by atoms with Crippen LogP contribution < -0.4 is 4.74 Å². The third kappa shape index (κ3) is 5.53. The van der Waals surface area contributed by atoms with Gasteiger partial charge in [0.25, 0.3) is 0 Å². The van der Waals surface area contributed by atoms with Crippen molar-refractivity contribution in [2.75, 3.05) is 26.8 Å². The summed E-state index contributed by atoms with van der Waals surface area (Å²) in [4.78, 5) is 24.1. The molecule has 0 bridgehead atoms. The van der Waals surface area contributed by atoms with Crippen molar-refractivity contribution in [1.29, 1.82) is 0 Å². The number of nitrogens with zero attached hydrogens (tertiary/aromatic N) is 4. The predicted molar refractivity (Wildman–Crippen MR) is 161 cm³/mol. The fourth-order valence-corrected chi connectivity index (χ4v) is 6.39. The van der Waals surface area contributed by atoms with Crippen LogP contribution in [0.4, 0.5) is 4.39 Å². The van der Waals surface area contributed by atoms with E-state index in [-0.39, 0.29) is 17.6 Å². The first kappa shape index (κ1) is 28.0. The smallest absolute Gasteiger partial charge is 0.356 e. The normalized spacial score (nSPS) is 20.4. The molecule has 4 aromatic rings. The van der Waals surface area contributed by atoms with E-state index < -0.39 is 12.1 Å². The van der Waals surface area contributed by atoms with Gasteiger partial charge < -0.3 is 18.8 Å². The monoisotopic (exact) mass is 602 g/mol. The molecule has 2 atom stereocenters. The molecule has 3 aliphatic rings. The van der Waals surface area contributed by atoms with Crippen LogP contribution in [0.25, 0.3) is 17.2 Å². The molecule has 0 N–H and O–H groups in total. The molecule has 2 fully saturated rings. The van der Waals surface area contributed by atoms with Gasteiger partial charge in [-0.25, -0.2) is 19.2 Å². The second-order valence-corrected chi connectivity index (χ2v) is 11.8. The number of para-hydroxylation sites is 1. The van der Waals surface area contributed by atoms with Gasteiger partial charge in [0, 0.05) is 22.8 Å². The molecule has 8 nitrogen and oxygen atoms in total. The van der Waals surface area contributed by atoms with Crippen molar-refractivity contribution in [3.05, 3.63) is 93.7 Å². The van der Waals surface area contributed by atoms with Crippen molar-refractivity contribution in [3.8, 4) is 5.75 Å². The number of piperidine rings is 1. The minimum Gasteiger partial charge on any atom is -0.481 e. The fourth-order valence-electron chi connectivity index (χ4n) is 6.23. The summed E-state index contributed by atoms with van der Waals surface area (Å²) in [5.41, 5.74) is 4.34. The maximum Gasteiger partial charge on any atom is 0.356 e. The van der Waals surface area contributed by atoms with Crippen molar-refractivity contribution in [2.24, 2.45) is 0 Å². The third-order valence-electron chi connectivity index (χ3n) is 8.68. The number of hydrogen-bond acceptors (Lipinski definition) is 7.